The molecular weight excluding hydrogens is 289 g/mol. The molecular formula is C17H23Cl2N. The fraction of sp³-hybridized carbons (Fsp3) is 0.647. The summed E-state index contributed by atoms with van der Waals surface area (Å²) in [4.78, 5) is 0. The van der Waals surface area contributed by atoms with Crippen LogP contribution in [0.25, 0.3) is 0 Å². The number of hydrogen-bond donors (Lipinski definition) is 1. The predicted molar refractivity (Wildman–Crippen MR) is 86.2 cm³/mol. The molecule has 3 rings (SSSR count). The van der Waals surface area contributed by atoms with Gasteiger partial charge in [0.05, 0.1) is 0 Å². The normalized spacial score (nSPS) is 31.6. The molecule has 0 bridgehead atoms. The number of nitrogens with two attached hydrogens (primary N) is 1. The molecule has 2 saturated carbocycles. The SMILES string of the molecule is NC(c1cc(Cl)ccc1Cl)C1CCC2CCCCC2C1. The highest BCUT2D eigenvalue weighted by Gasteiger charge is 2.35. The lowest BCUT2D eigenvalue weighted by Gasteiger charge is -2.41. The molecule has 0 aliphatic heterocycles. The van der Waals surface area contributed by atoms with E-state index in [9.17, 15) is 0 Å². The lowest BCUT2D eigenvalue weighted by Crippen LogP contribution is -2.33. The van der Waals surface area contributed by atoms with Crippen LogP contribution in [-0.4, -0.2) is 0 Å². The van der Waals surface area contributed by atoms with Crippen molar-refractivity contribution >= 4 is 23.2 Å². The fourth-order valence-electron chi connectivity index (χ4n) is 4.26. The Balaban J connectivity index is 1.74. The van der Waals surface area contributed by atoms with Crippen molar-refractivity contribution in [1.82, 2.24) is 0 Å². The van der Waals surface area contributed by atoms with Crippen molar-refractivity contribution in [3.63, 3.8) is 0 Å². The van der Waals surface area contributed by atoms with Crippen LogP contribution in [0.4, 0.5) is 0 Å². The summed E-state index contributed by atoms with van der Waals surface area (Å²) in [5.74, 6) is 2.42. The molecule has 0 radical (unpaired) electrons. The summed E-state index contributed by atoms with van der Waals surface area (Å²) >= 11 is 12.4. The molecule has 110 valence electrons. The third kappa shape index (κ3) is 3.00. The Hall–Kier alpha value is -0.240. The van der Waals surface area contributed by atoms with Crippen molar-refractivity contribution in [2.75, 3.05) is 0 Å². The molecule has 1 nitrogen and oxygen atoms in total. The number of hydrogen-bond acceptors (Lipinski definition) is 1. The van der Waals surface area contributed by atoms with Crippen molar-refractivity contribution in [1.29, 1.82) is 0 Å². The lowest BCUT2D eigenvalue weighted by atomic mass is 9.65. The zero-order chi connectivity index (χ0) is 14.1. The van der Waals surface area contributed by atoms with E-state index in [1.54, 1.807) is 0 Å². The van der Waals surface area contributed by atoms with Gasteiger partial charge in [-0.3, -0.25) is 0 Å². The summed E-state index contributed by atoms with van der Waals surface area (Å²) in [6, 6.07) is 5.68. The van der Waals surface area contributed by atoms with Crippen LogP contribution in [0.1, 0.15) is 56.6 Å². The van der Waals surface area contributed by atoms with Crippen LogP contribution in [0.5, 0.6) is 0 Å². The van der Waals surface area contributed by atoms with Gasteiger partial charge in [0.15, 0.2) is 0 Å². The molecule has 2 N–H and O–H groups in total. The Kier molecular flexibility index (Phi) is 4.59. The van der Waals surface area contributed by atoms with Crippen LogP contribution >= 0.6 is 23.2 Å². The molecule has 1 aromatic rings. The van der Waals surface area contributed by atoms with Gasteiger partial charge in [0.25, 0.3) is 0 Å². The van der Waals surface area contributed by atoms with E-state index >= 15 is 0 Å². The molecule has 4 atom stereocenters. The van der Waals surface area contributed by atoms with E-state index in [4.69, 9.17) is 28.9 Å². The highest BCUT2D eigenvalue weighted by Crippen LogP contribution is 2.46. The second-order valence-corrected chi connectivity index (χ2v) is 7.41. The maximum absolute atomic E-state index is 6.52. The first-order valence-electron chi connectivity index (χ1n) is 7.85. The van der Waals surface area contributed by atoms with Gasteiger partial charge in [0.2, 0.25) is 0 Å². The molecule has 4 unspecified atom stereocenters. The molecule has 3 heteroatoms. The smallest absolute Gasteiger partial charge is 0.0454 e. The van der Waals surface area contributed by atoms with Crippen molar-refractivity contribution < 1.29 is 0 Å². The van der Waals surface area contributed by atoms with E-state index in [1.165, 1.54) is 44.9 Å². The van der Waals surface area contributed by atoms with Crippen LogP contribution in [0.3, 0.4) is 0 Å². The maximum atomic E-state index is 6.52. The van der Waals surface area contributed by atoms with Crippen LogP contribution < -0.4 is 5.73 Å². The van der Waals surface area contributed by atoms with Gasteiger partial charge >= 0.3 is 0 Å². The van der Waals surface area contributed by atoms with Crippen molar-refractivity contribution in [3.05, 3.63) is 33.8 Å². The Morgan fingerprint density at radius 2 is 1.75 bits per heavy atom. The minimum absolute atomic E-state index is 0.0316. The summed E-state index contributed by atoms with van der Waals surface area (Å²) in [7, 11) is 0. The van der Waals surface area contributed by atoms with Gasteiger partial charge < -0.3 is 5.73 Å². The van der Waals surface area contributed by atoms with Gasteiger partial charge in [-0.15, -0.1) is 0 Å². The second kappa shape index (κ2) is 6.25. The van der Waals surface area contributed by atoms with Crippen molar-refractivity contribution in [2.45, 2.75) is 51.0 Å². The monoisotopic (exact) mass is 311 g/mol. The zero-order valence-corrected chi connectivity index (χ0v) is 13.3. The highest BCUT2D eigenvalue weighted by molar-refractivity contribution is 6.33. The molecule has 20 heavy (non-hydrogen) atoms. The van der Waals surface area contributed by atoms with Gasteiger partial charge in [0.1, 0.15) is 0 Å². The third-order valence-corrected chi connectivity index (χ3v) is 5.98. The number of fused-ring (bicyclic) bond motifs is 1. The molecule has 1 aromatic carbocycles. The van der Waals surface area contributed by atoms with Crippen LogP contribution in [-0.2, 0) is 0 Å². The summed E-state index contributed by atoms with van der Waals surface area (Å²) in [6.07, 6.45) is 9.53. The third-order valence-electron chi connectivity index (χ3n) is 5.41. The Morgan fingerprint density at radius 1 is 1.00 bits per heavy atom. The minimum atomic E-state index is 0.0316. The van der Waals surface area contributed by atoms with E-state index in [-0.39, 0.29) is 6.04 Å². The number of halogens is 2. The maximum Gasteiger partial charge on any atom is 0.0454 e. The summed E-state index contributed by atoms with van der Waals surface area (Å²) < 4.78 is 0. The molecule has 2 fully saturated rings. The largest absolute Gasteiger partial charge is 0.324 e. The molecule has 0 saturated heterocycles. The van der Waals surface area contributed by atoms with Gasteiger partial charge in [0, 0.05) is 16.1 Å². The first kappa shape index (κ1) is 14.7. The molecule has 2 aliphatic rings. The topological polar surface area (TPSA) is 26.0 Å². The lowest BCUT2D eigenvalue weighted by molar-refractivity contribution is 0.117. The van der Waals surface area contributed by atoms with Gasteiger partial charge in [-0.1, -0.05) is 48.9 Å². The molecule has 0 heterocycles. The Bertz CT molecular complexity index is 474. The number of benzene rings is 1. The van der Waals surface area contributed by atoms with E-state index in [0.29, 0.717) is 5.92 Å². The van der Waals surface area contributed by atoms with Gasteiger partial charge in [-0.25, -0.2) is 0 Å². The molecule has 0 amide bonds. The van der Waals surface area contributed by atoms with E-state index in [1.807, 2.05) is 18.2 Å². The van der Waals surface area contributed by atoms with Crippen LogP contribution in [0, 0.1) is 17.8 Å². The first-order valence-corrected chi connectivity index (χ1v) is 8.61. The standard InChI is InChI=1S/C17H23Cl2N/c18-14-7-8-16(19)15(10-14)17(20)13-6-5-11-3-1-2-4-12(11)9-13/h7-8,10-13,17H,1-6,9,20H2. The Morgan fingerprint density at radius 3 is 2.55 bits per heavy atom. The van der Waals surface area contributed by atoms with E-state index in [0.717, 1.165) is 27.4 Å². The average Bonchev–Trinajstić information content (AvgIpc) is 2.48. The van der Waals surface area contributed by atoms with Crippen LogP contribution in [0.15, 0.2) is 18.2 Å². The van der Waals surface area contributed by atoms with Crippen molar-refractivity contribution in [2.24, 2.45) is 23.5 Å². The number of rotatable bonds is 2. The Labute approximate surface area is 131 Å². The minimum Gasteiger partial charge on any atom is -0.324 e. The van der Waals surface area contributed by atoms with Crippen molar-refractivity contribution in [3.8, 4) is 0 Å². The molecule has 0 aromatic heterocycles. The predicted octanol–water partition coefficient (Wildman–Crippen LogP) is 5.60. The van der Waals surface area contributed by atoms with Crippen LogP contribution in [0.2, 0.25) is 10.0 Å². The fourth-order valence-corrected chi connectivity index (χ4v) is 4.68. The molecule has 2 aliphatic carbocycles. The van der Waals surface area contributed by atoms with Gasteiger partial charge in [-0.2, -0.15) is 0 Å². The highest BCUT2D eigenvalue weighted by atomic mass is 35.5. The average molecular weight is 312 g/mol. The summed E-state index contributed by atoms with van der Waals surface area (Å²) in [6.45, 7) is 0. The molecule has 0 spiro atoms. The van der Waals surface area contributed by atoms with E-state index in [2.05, 4.69) is 0 Å². The summed E-state index contributed by atoms with van der Waals surface area (Å²) in [5, 5.41) is 1.49. The van der Waals surface area contributed by atoms with E-state index < -0.39 is 0 Å². The first-order chi connectivity index (χ1) is 9.65. The zero-order valence-electron chi connectivity index (χ0n) is 11.8. The second-order valence-electron chi connectivity index (χ2n) is 6.57. The van der Waals surface area contributed by atoms with Gasteiger partial charge in [-0.05, 0) is 60.8 Å². The quantitative estimate of drug-likeness (QED) is 0.756. The summed E-state index contributed by atoms with van der Waals surface area (Å²) in [5.41, 5.74) is 7.54.